The van der Waals surface area contributed by atoms with Crippen LogP contribution in [0.5, 0.6) is 0 Å². The van der Waals surface area contributed by atoms with E-state index in [-0.39, 0.29) is 5.97 Å². The van der Waals surface area contributed by atoms with E-state index in [0.29, 0.717) is 13.0 Å². The Bertz CT molecular complexity index is 772. The summed E-state index contributed by atoms with van der Waals surface area (Å²) >= 11 is 0. The minimum Gasteiger partial charge on any atom is -0.478 e. The molecule has 306 valence electrons. The lowest BCUT2D eigenvalue weighted by Crippen LogP contribution is -2.05. The molecule has 0 aromatic rings. The second kappa shape index (κ2) is 45.6. The van der Waals surface area contributed by atoms with Crippen LogP contribution in [0.2, 0.25) is 0 Å². The van der Waals surface area contributed by atoms with E-state index < -0.39 is 5.97 Å². The molecule has 0 aromatic carbocycles. The lowest BCUT2D eigenvalue weighted by molar-refractivity contribution is -0.144. The van der Waals surface area contributed by atoms with Crippen LogP contribution in [0.25, 0.3) is 0 Å². The second-order valence-electron chi connectivity index (χ2n) is 15.9. The Morgan fingerprint density at radius 1 is 0.385 bits per heavy atom. The number of hydrogen-bond acceptors (Lipinski definition) is 3. The average Bonchev–Trinajstić information content (AvgIpc) is 3.13. The summed E-state index contributed by atoms with van der Waals surface area (Å²) in [5.74, 6) is -0.823. The van der Waals surface area contributed by atoms with Crippen molar-refractivity contribution in [2.24, 2.45) is 0 Å². The van der Waals surface area contributed by atoms with E-state index in [1.54, 1.807) is 6.08 Å². The molecule has 0 bridgehead atoms. The van der Waals surface area contributed by atoms with E-state index >= 15 is 0 Å². The van der Waals surface area contributed by atoms with Gasteiger partial charge in [0, 0.05) is 12.5 Å². The first-order valence-electron chi connectivity index (χ1n) is 23.4. The van der Waals surface area contributed by atoms with Crippen LogP contribution >= 0.6 is 0 Å². The first-order chi connectivity index (χ1) is 25.7. The summed E-state index contributed by atoms with van der Waals surface area (Å²) in [7, 11) is 0. The van der Waals surface area contributed by atoms with Crippen LogP contribution in [-0.2, 0) is 14.3 Å². The largest absolute Gasteiger partial charge is 0.478 e. The van der Waals surface area contributed by atoms with E-state index in [2.05, 4.69) is 19.1 Å². The molecule has 0 radical (unpaired) electrons. The van der Waals surface area contributed by atoms with Crippen molar-refractivity contribution < 1.29 is 19.4 Å². The Balaban J connectivity index is 3.17. The molecular formula is C48H90O4. The van der Waals surface area contributed by atoms with Crippen LogP contribution in [0.1, 0.15) is 264 Å². The van der Waals surface area contributed by atoms with Gasteiger partial charge in [-0.2, -0.15) is 0 Å². The van der Waals surface area contributed by atoms with Gasteiger partial charge in [-0.3, -0.25) is 4.79 Å². The van der Waals surface area contributed by atoms with Gasteiger partial charge in [0.15, 0.2) is 0 Å². The van der Waals surface area contributed by atoms with Gasteiger partial charge in [0.2, 0.25) is 0 Å². The smallest absolute Gasteiger partial charge is 0.327 e. The molecule has 0 spiro atoms. The van der Waals surface area contributed by atoms with Crippen molar-refractivity contribution in [3.8, 4) is 0 Å². The number of carboxylic acids is 1. The molecule has 0 saturated carbocycles. The Morgan fingerprint density at radius 3 is 1.02 bits per heavy atom. The first-order valence-corrected chi connectivity index (χ1v) is 23.4. The lowest BCUT2D eigenvalue weighted by Gasteiger charge is -2.06. The topological polar surface area (TPSA) is 63.6 Å². The Labute approximate surface area is 325 Å². The summed E-state index contributed by atoms with van der Waals surface area (Å²) in [5, 5.41) is 8.57. The second-order valence-corrected chi connectivity index (χ2v) is 15.9. The molecule has 0 heterocycles. The van der Waals surface area contributed by atoms with Crippen molar-refractivity contribution in [2.75, 3.05) is 6.61 Å². The predicted octanol–water partition coefficient (Wildman–Crippen LogP) is 16.4. The molecule has 0 aromatic heterocycles. The number of esters is 1. The van der Waals surface area contributed by atoms with E-state index in [1.165, 1.54) is 224 Å². The zero-order chi connectivity index (χ0) is 37.7. The molecule has 4 heteroatoms. The fourth-order valence-electron chi connectivity index (χ4n) is 7.21. The Hall–Kier alpha value is -1.58. The predicted molar refractivity (Wildman–Crippen MR) is 227 cm³/mol. The van der Waals surface area contributed by atoms with Crippen LogP contribution < -0.4 is 0 Å². The molecule has 0 atom stereocenters. The molecule has 0 aliphatic carbocycles. The van der Waals surface area contributed by atoms with Gasteiger partial charge in [-0.15, -0.1) is 0 Å². The fraction of sp³-hybridized carbons (Fsp3) is 0.875. The highest BCUT2D eigenvalue weighted by Crippen LogP contribution is 2.16. The van der Waals surface area contributed by atoms with E-state index in [1.807, 2.05) is 0 Å². The van der Waals surface area contributed by atoms with Crippen LogP contribution in [0, 0.1) is 0 Å². The highest BCUT2D eigenvalue weighted by molar-refractivity contribution is 5.79. The first kappa shape index (κ1) is 50.4. The normalized spacial score (nSPS) is 11.7. The fourth-order valence-corrected chi connectivity index (χ4v) is 7.21. The third-order valence-corrected chi connectivity index (χ3v) is 10.7. The average molecular weight is 731 g/mol. The maximum atomic E-state index is 12.0. The lowest BCUT2D eigenvalue weighted by atomic mass is 10.0. The van der Waals surface area contributed by atoms with Crippen LogP contribution in [-0.4, -0.2) is 23.7 Å². The maximum absolute atomic E-state index is 12.0. The number of hydrogen-bond donors (Lipinski definition) is 1. The van der Waals surface area contributed by atoms with Gasteiger partial charge >= 0.3 is 11.9 Å². The molecule has 4 nitrogen and oxygen atoms in total. The molecule has 0 aliphatic rings. The zero-order valence-corrected chi connectivity index (χ0v) is 35.0. The van der Waals surface area contributed by atoms with Crippen LogP contribution in [0.15, 0.2) is 24.3 Å². The van der Waals surface area contributed by atoms with Gasteiger partial charge in [-0.05, 0) is 51.4 Å². The third-order valence-electron chi connectivity index (χ3n) is 10.7. The van der Waals surface area contributed by atoms with Gasteiger partial charge in [0.25, 0.3) is 0 Å². The van der Waals surface area contributed by atoms with Crippen molar-refractivity contribution in [3.63, 3.8) is 0 Å². The molecule has 1 N–H and O–H groups in total. The van der Waals surface area contributed by atoms with E-state index in [9.17, 15) is 9.59 Å². The molecule has 52 heavy (non-hydrogen) atoms. The number of carbonyl (C=O) groups excluding carboxylic acids is 1. The summed E-state index contributed by atoms with van der Waals surface area (Å²) in [6.45, 7) is 2.89. The molecular weight excluding hydrogens is 641 g/mol. The van der Waals surface area contributed by atoms with Gasteiger partial charge in [-0.1, -0.05) is 224 Å². The number of unbranched alkanes of at least 4 members (excludes halogenated alkanes) is 36. The van der Waals surface area contributed by atoms with Gasteiger partial charge < -0.3 is 9.84 Å². The van der Waals surface area contributed by atoms with Crippen molar-refractivity contribution >= 4 is 11.9 Å². The van der Waals surface area contributed by atoms with Crippen molar-refractivity contribution in [1.82, 2.24) is 0 Å². The number of carboxylic acid groups (broad SMARTS) is 1. The van der Waals surface area contributed by atoms with Crippen LogP contribution in [0.4, 0.5) is 0 Å². The van der Waals surface area contributed by atoms with Crippen molar-refractivity contribution in [2.45, 2.75) is 264 Å². The van der Waals surface area contributed by atoms with Gasteiger partial charge in [0.05, 0.1) is 6.61 Å². The summed E-state index contributed by atoms with van der Waals surface area (Å²) in [5.41, 5.74) is 0. The Morgan fingerprint density at radius 2 is 0.673 bits per heavy atom. The minimum absolute atomic E-state index is 0.0113. The summed E-state index contributed by atoms with van der Waals surface area (Å²) in [6.07, 6.45) is 59.8. The molecule has 0 unspecified atom stereocenters. The quantitative estimate of drug-likeness (QED) is 0.0293. The van der Waals surface area contributed by atoms with Gasteiger partial charge in [0.1, 0.15) is 0 Å². The third kappa shape index (κ3) is 46.4. The highest BCUT2D eigenvalue weighted by atomic mass is 16.5. The summed E-state index contributed by atoms with van der Waals surface area (Å²) < 4.78 is 5.47. The standard InChI is InChI=1S/C48H90O4/c1-2-3-4-5-6-7-8-9-23-27-30-33-36-39-42-45-48(51)52-46-43-40-37-34-31-28-25-22-20-18-16-14-12-10-11-13-15-17-19-21-24-26-29-32-35-38-41-44-47(49)50/h9,23,41,44H,2-8,10-22,24-40,42-43,45-46H2,1H3,(H,49,50). The number of ether oxygens (including phenoxy) is 1. The van der Waals surface area contributed by atoms with Gasteiger partial charge in [-0.25, -0.2) is 4.79 Å². The Kier molecular flexibility index (Phi) is 44.2. The molecule has 0 saturated heterocycles. The van der Waals surface area contributed by atoms with Crippen molar-refractivity contribution in [3.05, 3.63) is 24.3 Å². The number of rotatable bonds is 44. The maximum Gasteiger partial charge on any atom is 0.327 e. The molecule has 0 fully saturated rings. The van der Waals surface area contributed by atoms with E-state index in [4.69, 9.17) is 9.84 Å². The van der Waals surface area contributed by atoms with Crippen LogP contribution in [0.3, 0.4) is 0 Å². The highest BCUT2D eigenvalue weighted by Gasteiger charge is 2.03. The summed E-state index contributed by atoms with van der Waals surface area (Å²) in [4.78, 5) is 22.4. The molecule has 0 rings (SSSR count). The minimum atomic E-state index is -0.834. The molecule has 0 amide bonds. The molecule has 0 aliphatic heterocycles. The number of carbonyl (C=O) groups is 2. The number of aliphatic carboxylic acids is 1. The van der Waals surface area contributed by atoms with Crippen molar-refractivity contribution in [1.29, 1.82) is 0 Å². The SMILES string of the molecule is CCCCCCCCC=CCCCCCCCC(=O)OCCCCCCCCCCCCCCCCCCCCCCCCCCCC=CC(=O)O. The number of allylic oxidation sites excluding steroid dienone is 3. The zero-order valence-electron chi connectivity index (χ0n) is 35.0. The summed E-state index contributed by atoms with van der Waals surface area (Å²) in [6, 6.07) is 0. The van der Waals surface area contributed by atoms with E-state index in [0.717, 1.165) is 32.1 Å². The monoisotopic (exact) mass is 731 g/mol.